The molecule has 0 rings (SSSR count). The summed E-state index contributed by atoms with van der Waals surface area (Å²) in [4.78, 5) is 37.0. The van der Waals surface area contributed by atoms with Crippen molar-refractivity contribution in [3.05, 3.63) is 0 Å². The van der Waals surface area contributed by atoms with Gasteiger partial charge >= 0.3 is 17.9 Å². The number of nitrogens with zero attached hydrogens (tertiary/aromatic N) is 1. The summed E-state index contributed by atoms with van der Waals surface area (Å²) in [5.41, 5.74) is 0. The van der Waals surface area contributed by atoms with Gasteiger partial charge in [0.25, 0.3) is 0 Å². The molecule has 320 valence electrons. The average Bonchev–Trinajstić information content (AvgIpc) is 3.12. The minimum atomic E-state index is -0.870. The van der Waals surface area contributed by atoms with Crippen LogP contribution in [0.25, 0.3) is 0 Å². The molecule has 0 fully saturated rings. The van der Waals surface area contributed by atoms with E-state index in [1.807, 2.05) is 21.1 Å². The van der Waals surface area contributed by atoms with E-state index >= 15 is 0 Å². The molecule has 0 aliphatic rings. The zero-order chi connectivity index (χ0) is 40.0. The van der Waals surface area contributed by atoms with Crippen LogP contribution in [0.3, 0.4) is 0 Å². The van der Waals surface area contributed by atoms with Gasteiger partial charge in [-0.25, -0.2) is 4.79 Å². The third kappa shape index (κ3) is 36.0. The molecule has 0 saturated carbocycles. The van der Waals surface area contributed by atoms with E-state index in [1.165, 1.54) is 154 Å². The van der Waals surface area contributed by atoms with E-state index in [1.54, 1.807) is 0 Å². The molecule has 0 aromatic heterocycles. The van der Waals surface area contributed by atoms with Gasteiger partial charge in [0.05, 0.1) is 34.4 Å². The number of carbonyl (C=O) groups is 3. The summed E-state index contributed by atoms with van der Waals surface area (Å²) in [7, 11) is 5.54. The van der Waals surface area contributed by atoms with E-state index in [2.05, 4.69) is 13.8 Å². The first kappa shape index (κ1) is 52.3. The van der Waals surface area contributed by atoms with Crippen molar-refractivity contribution in [1.82, 2.24) is 0 Å². The molecule has 0 aromatic rings. The van der Waals surface area contributed by atoms with E-state index in [4.69, 9.17) is 14.2 Å². The summed E-state index contributed by atoms with van der Waals surface area (Å²) in [6.07, 6.45) is 38.5. The zero-order valence-electron chi connectivity index (χ0n) is 36.5. The molecule has 0 aromatic carbocycles. The number of unbranched alkanes of at least 4 members (excludes halogenated alkanes) is 28. The molecule has 0 spiro atoms. The normalized spacial score (nSPS) is 12.8. The number of ether oxygens (including phenoxy) is 3. The standard InChI is InChI=1S/C46H89NO7/c1-6-8-10-12-14-16-18-20-22-23-25-27-29-31-33-35-37-45(49)54-42(40-52-39-38-43(46(50)51)47(3,4)5)41-53-44(48)36-34-32-30-28-26-24-21-19-17-15-13-11-9-7-2/h42-43H,6-41H2,1-5H3/p+1. The van der Waals surface area contributed by atoms with Crippen molar-refractivity contribution < 1.29 is 38.2 Å². The molecule has 2 atom stereocenters. The molecule has 0 saturated heterocycles. The molecule has 0 bridgehead atoms. The van der Waals surface area contributed by atoms with Gasteiger partial charge in [-0.15, -0.1) is 0 Å². The summed E-state index contributed by atoms with van der Waals surface area (Å²) < 4.78 is 17.3. The molecule has 8 nitrogen and oxygen atoms in total. The van der Waals surface area contributed by atoms with E-state index in [0.29, 0.717) is 19.3 Å². The van der Waals surface area contributed by atoms with Crippen LogP contribution in [0.15, 0.2) is 0 Å². The summed E-state index contributed by atoms with van der Waals surface area (Å²) in [5, 5.41) is 9.62. The average molecular weight is 769 g/mol. The predicted octanol–water partition coefficient (Wildman–Crippen LogP) is 12.5. The van der Waals surface area contributed by atoms with Gasteiger partial charge in [-0.1, -0.05) is 194 Å². The molecule has 0 radical (unpaired) electrons. The maximum Gasteiger partial charge on any atom is 0.362 e. The lowest BCUT2D eigenvalue weighted by atomic mass is 10.0. The Labute approximate surface area is 334 Å². The predicted molar refractivity (Wildman–Crippen MR) is 225 cm³/mol. The fourth-order valence-corrected chi connectivity index (χ4v) is 7.15. The quantitative estimate of drug-likeness (QED) is 0.0375. The maximum atomic E-state index is 12.7. The Morgan fingerprint density at radius 1 is 0.481 bits per heavy atom. The van der Waals surface area contributed by atoms with E-state index in [0.717, 1.165) is 38.5 Å². The van der Waals surface area contributed by atoms with Crippen molar-refractivity contribution in [2.75, 3.05) is 41.0 Å². The highest BCUT2D eigenvalue weighted by atomic mass is 16.6. The Morgan fingerprint density at radius 3 is 1.15 bits per heavy atom. The number of hydrogen-bond acceptors (Lipinski definition) is 6. The van der Waals surface area contributed by atoms with Crippen molar-refractivity contribution in [1.29, 1.82) is 0 Å². The summed E-state index contributed by atoms with van der Waals surface area (Å²) in [5.74, 6) is -1.44. The Bertz CT molecular complexity index is 858. The van der Waals surface area contributed by atoms with Crippen LogP contribution in [0.4, 0.5) is 0 Å². The van der Waals surface area contributed by atoms with Crippen LogP contribution in [-0.4, -0.2) is 80.6 Å². The maximum absolute atomic E-state index is 12.7. The molecule has 0 heterocycles. The van der Waals surface area contributed by atoms with Gasteiger partial charge in [0.2, 0.25) is 0 Å². The van der Waals surface area contributed by atoms with Gasteiger partial charge in [-0.3, -0.25) is 9.59 Å². The molecule has 1 N–H and O–H groups in total. The second-order valence-electron chi connectivity index (χ2n) is 17.0. The molecular weight excluding hydrogens is 679 g/mol. The SMILES string of the molecule is CCCCCCCCCCCCCCCCCCC(=O)OC(COCCC(C(=O)O)[N+](C)(C)C)COC(=O)CCCCCCCCCCCCCCCC. The third-order valence-corrected chi connectivity index (χ3v) is 10.8. The van der Waals surface area contributed by atoms with Crippen molar-refractivity contribution in [3.63, 3.8) is 0 Å². The number of aliphatic carboxylic acids is 1. The fourth-order valence-electron chi connectivity index (χ4n) is 7.15. The molecule has 0 aliphatic carbocycles. The van der Waals surface area contributed by atoms with Crippen molar-refractivity contribution in [2.24, 2.45) is 0 Å². The molecule has 54 heavy (non-hydrogen) atoms. The number of esters is 2. The smallest absolute Gasteiger partial charge is 0.362 e. The monoisotopic (exact) mass is 769 g/mol. The van der Waals surface area contributed by atoms with Gasteiger partial charge in [0, 0.05) is 19.3 Å². The van der Waals surface area contributed by atoms with Gasteiger partial charge in [-0.05, 0) is 12.8 Å². The van der Waals surface area contributed by atoms with Crippen LogP contribution in [0, 0.1) is 0 Å². The number of carbonyl (C=O) groups excluding carboxylic acids is 2. The third-order valence-electron chi connectivity index (χ3n) is 10.8. The summed E-state index contributed by atoms with van der Waals surface area (Å²) >= 11 is 0. The highest BCUT2D eigenvalue weighted by molar-refractivity contribution is 5.72. The number of rotatable bonds is 42. The number of carboxylic acids is 1. The van der Waals surface area contributed by atoms with Crippen LogP contribution in [0.1, 0.15) is 226 Å². The van der Waals surface area contributed by atoms with Gasteiger partial charge < -0.3 is 23.8 Å². The molecular formula is C46H90NO7+. The highest BCUT2D eigenvalue weighted by Gasteiger charge is 2.31. The second kappa shape index (κ2) is 38.2. The van der Waals surface area contributed by atoms with Crippen molar-refractivity contribution in [3.8, 4) is 0 Å². The topological polar surface area (TPSA) is 99.1 Å². The van der Waals surface area contributed by atoms with Crippen LogP contribution < -0.4 is 0 Å². The lowest BCUT2D eigenvalue weighted by Crippen LogP contribution is -2.50. The molecule has 8 heteroatoms. The number of quaternary nitrogens is 1. The Kier molecular flexibility index (Phi) is 37.0. The van der Waals surface area contributed by atoms with Gasteiger partial charge in [0.15, 0.2) is 12.1 Å². The van der Waals surface area contributed by atoms with Crippen molar-refractivity contribution >= 4 is 17.9 Å². The van der Waals surface area contributed by atoms with Gasteiger partial charge in [0.1, 0.15) is 6.61 Å². The Hall–Kier alpha value is -1.67. The molecule has 2 unspecified atom stereocenters. The minimum absolute atomic E-state index is 0.0418. The Balaban J connectivity index is 4.27. The van der Waals surface area contributed by atoms with Crippen LogP contribution >= 0.6 is 0 Å². The highest BCUT2D eigenvalue weighted by Crippen LogP contribution is 2.16. The Morgan fingerprint density at radius 2 is 0.815 bits per heavy atom. The second-order valence-corrected chi connectivity index (χ2v) is 17.0. The van der Waals surface area contributed by atoms with E-state index in [9.17, 15) is 19.5 Å². The van der Waals surface area contributed by atoms with Crippen molar-refractivity contribution in [2.45, 2.75) is 238 Å². The first-order chi connectivity index (χ1) is 26.1. The number of carboxylic acid groups (broad SMARTS) is 1. The van der Waals surface area contributed by atoms with E-state index < -0.39 is 18.1 Å². The number of likely N-dealkylation sites (N-methyl/N-ethyl adjacent to an activating group) is 1. The minimum Gasteiger partial charge on any atom is -0.477 e. The summed E-state index contributed by atoms with van der Waals surface area (Å²) in [6.45, 7) is 4.78. The molecule has 0 amide bonds. The first-order valence-corrected chi connectivity index (χ1v) is 23.1. The zero-order valence-corrected chi connectivity index (χ0v) is 36.5. The van der Waals surface area contributed by atoms with Crippen LogP contribution in [0.2, 0.25) is 0 Å². The van der Waals surface area contributed by atoms with Crippen LogP contribution in [0.5, 0.6) is 0 Å². The number of hydrogen-bond donors (Lipinski definition) is 1. The lowest BCUT2D eigenvalue weighted by molar-refractivity contribution is -0.887. The van der Waals surface area contributed by atoms with E-state index in [-0.39, 0.29) is 36.2 Å². The fraction of sp³-hybridized carbons (Fsp3) is 0.935. The lowest BCUT2D eigenvalue weighted by Gasteiger charge is -2.31. The summed E-state index contributed by atoms with van der Waals surface area (Å²) in [6, 6.07) is -0.608. The first-order valence-electron chi connectivity index (χ1n) is 23.1. The van der Waals surface area contributed by atoms with Gasteiger partial charge in [-0.2, -0.15) is 0 Å². The molecule has 0 aliphatic heterocycles. The van der Waals surface area contributed by atoms with Crippen LogP contribution in [-0.2, 0) is 28.6 Å². The largest absolute Gasteiger partial charge is 0.477 e.